The topological polar surface area (TPSA) is 17.1 Å². The van der Waals surface area contributed by atoms with Crippen molar-refractivity contribution in [3.63, 3.8) is 0 Å². The summed E-state index contributed by atoms with van der Waals surface area (Å²) in [7, 11) is 0. The van der Waals surface area contributed by atoms with Crippen molar-refractivity contribution in [1.82, 2.24) is 0 Å². The number of fused-ring (bicyclic) bond motifs is 1. The van der Waals surface area contributed by atoms with E-state index in [1.54, 1.807) is 0 Å². The van der Waals surface area contributed by atoms with E-state index in [4.69, 9.17) is 0 Å². The number of benzene rings is 1. The predicted octanol–water partition coefficient (Wildman–Crippen LogP) is 4.26. The predicted molar refractivity (Wildman–Crippen MR) is 73.7 cm³/mol. The molecule has 96 valence electrons. The highest BCUT2D eigenvalue weighted by Crippen LogP contribution is 2.37. The molecular formula is C17H22O. The molecule has 0 saturated heterocycles. The number of Topliss-reactive ketones (excluding diaryl/α,β-unsaturated/α-hetero) is 1. The number of rotatable bonds is 2. The summed E-state index contributed by atoms with van der Waals surface area (Å²) < 4.78 is 0. The minimum absolute atomic E-state index is 0.207. The van der Waals surface area contributed by atoms with Crippen molar-refractivity contribution in [3.8, 4) is 0 Å². The standard InChI is InChI=1S/C17H22O/c18-17(14-8-2-1-3-9-14)16-12-6-10-13-7-4-5-11-15(13)16/h4-5,7,11,14,16H,1-3,6,8-10,12H2. The first-order valence-corrected chi connectivity index (χ1v) is 7.48. The van der Waals surface area contributed by atoms with Gasteiger partial charge in [-0.05, 0) is 43.2 Å². The molecule has 1 unspecified atom stereocenters. The average Bonchev–Trinajstić information content (AvgIpc) is 2.47. The lowest BCUT2D eigenvalue weighted by molar-refractivity contribution is -0.125. The van der Waals surface area contributed by atoms with Gasteiger partial charge < -0.3 is 0 Å². The molecule has 1 fully saturated rings. The van der Waals surface area contributed by atoms with Crippen LogP contribution in [-0.4, -0.2) is 5.78 Å². The van der Waals surface area contributed by atoms with Gasteiger partial charge >= 0.3 is 0 Å². The van der Waals surface area contributed by atoms with E-state index in [9.17, 15) is 4.79 Å². The fourth-order valence-electron chi connectivity index (χ4n) is 3.72. The zero-order valence-corrected chi connectivity index (χ0v) is 11.0. The number of aryl methyl sites for hydroxylation is 1. The monoisotopic (exact) mass is 242 g/mol. The van der Waals surface area contributed by atoms with Gasteiger partial charge in [0.15, 0.2) is 0 Å². The molecule has 1 heteroatoms. The molecule has 0 aromatic heterocycles. The van der Waals surface area contributed by atoms with Crippen LogP contribution in [0.4, 0.5) is 0 Å². The molecule has 18 heavy (non-hydrogen) atoms. The van der Waals surface area contributed by atoms with Crippen molar-refractivity contribution >= 4 is 5.78 Å². The summed E-state index contributed by atoms with van der Waals surface area (Å²) in [6, 6.07) is 8.58. The first kappa shape index (κ1) is 12.0. The third-order valence-electron chi connectivity index (χ3n) is 4.72. The second-order valence-electron chi connectivity index (χ2n) is 5.88. The number of ketones is 1. The van der Waals surface area contributed by atoms with Crippen LogP contribution in [0.2, 0.25) is 0 Å². The first-order chi connectivity index (χ1) is 8.86. The van der Waals surface area contributed by atoms with Crippen LogP contribution in [-0.2, 0) is 11.2 Å². The van der Waals surface area contributed by atoms with Crippen LogP contribution in [0.3, 0.4) is 0 Å². The van der Waals surface area contributed by atoms with E-state index in [0.29, 0.717) is 11.7 Å². The molecule has 1 saturated carbocycles. The lowest BCUT2D eigenvalue weighted by atomic mass is 9.74. The largest absolute Gasteiger partial charge is 0.299 e. The van der Waals surface area contributed by atoms with E-state index < -0.39 is 0 Å². The van der Waals surface area contributed by atoms with Crippen LogP contribution in [0.25, 0.3) is 0 Å². The molecule has 1 aromatic carbocycles. The van der Waals surface area contributed by atoms with E-state index in [1.807, 2.05) is 0 Å². The summed E-state index contributed by atoms with van der Waals surface area (Å²) in [4.78, 5) is 12.7. The fraction of sp³-hybridized carbons (Fsp3) is 0.588. The molecule has 2 aliphatic rings. The molecule has 1 atom stereocenters. The van der Waals surface area contributed by atoms with Crippen molar-refractivity contribution in [2.45, 2.75) is 57.3 Å². The Labute approximate surface area is 110 Å². The highest BCUT2D eigenvalue weighted by molar-refractivity contribution is 5.88. The number of hydrogen-bond donors (Lipinski definition) is 0. The van der Waals surface area contributed by atoms with Crippen molar-refractivity contribution in [3.05, 3.63) is 35.4 Å². The molecule has 0 aliphatic heterocycles. The van der Waals surface area contributed by atoms with Crippen LogP contribution in [0.15, 0.2) is 24.3 Å². The van der Waals surface area contributed by atoms with Crippen molar-refractivity contribution in [1.29, 1.82) is 0 Å². The van der Waals surface area contributed by atoms with Crippen LogP contribution >= 0.6 is 0 Å². The second-order valence-corrected chi connectivity index (χ2v) is 5.88. The molecule has 1 aromatic rings. The normalized spacial score (nSPS) is 24.6. The highest BCUT2D eigenvalue weighted by atomic mass is 16.1. The Hall–Kier alpha value is -1.11. The maximum atomic E-state index is 12.7. The Morgan fingerprint density at radius 3 is 2.56 bits per heavy atom. The molecule has 0 bridgehead atoms. The summed E-state index contributed by atoms with van der Waals surface area (Å²) in [5.74, 6) is 1.11. The van der Waals surface area contributed by atoms with Gasteiger partial charge in [0.1, 0.15) is 5.78 Å². The summed E-state index contributed by atoms with van der Waals surface area (Å²) in [6.45, 7) is 0. The van der Waals surface area contributed by atoms with Gasteiger partial charge in [0, 0.05) is 11.8 Å². The average molecular weight is 242 g/mol. The van der Waals surface area contributed by atoms with E-state index in [1.165, 1.54) is 36.8 Å². The molecule has 1 nitrogen and oxygen atoms in total. The van der Waals surface area contributed by atoms with E-state index in [-0.39, 0.29) is 5.92 Å². The number of carbonyl (C=O) groups excluding carboxylic acids is 1. The van der Waals surface area contributed by atoms with Gasteiger partial charge in [-0.15, -0.1) is 0 Å². The van der Waals surface area contributed by atoms with Gasteiger partial charge in [0.2, 0.25) is 0 Å². The van der Waals surface area contributed by atoms with Gasteiger partial charge in [-0.1, -0.05) is 43.5 Å². The Morgan fingerprint density at radius 1 is 0.944 bits per heavy atom. The molecule has 0 heterocycles. The Bertz CT molecular complexity index is 429. The van der Waals surface area contributed by atoms with Crippen LogP contribution in [0.1, 0.15) is 62.0 Å². The lowest BCUT2D eigenvalue weighted by Gasteiger charge is -2.29. The summed E-state index contributed by atoms with van der Waals surface area (Å²) >= 11 is 0. The van der Waals surface area contributed by atoms with Crippen molar-refractivity contribution in [2.24, 2.45) is 5.92 Å². The number of hydrogen-bond acceptors (Lipinski definition) is 1. The molecule has 0 N–H and O–H groups in total. The third kappa shape index (κ3) is 2.23. The molecule has 2 aliphatic carbocycles. The van der Waals surface area contributed by atoms with Gasteiger partial charge in [0.25, 0.3) is 0 Å². The highest BCUT2D eigenvalue weighted by Gasteiger charge is 2.31. The van der Waals surface area contributed by atoms with Crippen LogP contribution in [0, 0.1) is 5.92 Å². The smallest absolute Gasteiger partial charge is 0.143 e. The third-order valence-corrected chi connectivity index (χ3v) is 4.72. The van der Waals surface area contributed by atoms with Gasteiger partial charge in [-0.2, -0.15) is 0 Å². The van der Waals surface area contributed by atoms with E-state index in [0.717, 1.165) is 25.7 Å². The van der Waals surface area contributed by atoms with E-state index in [2.05, 4.69) is 24.3 Å². The molecule has 0 amide bonds. The summed E-state index contributed by atoms with van der Waals surface area (Å²) in [5.41, 5.74) is 2.75. The Kier molecular flexibility index (Phi) is 3.49. The van der Waals surface area contributed by atoms with Gasteiger partial charge in [-0.25, -0.2) is 0 Å². The van der Waals surface area contributed by atoms with Gasteiger partial charge in [0.05, 0.1) is 0 Å². The van der Waals surface area contributed by atoms with Crippen LogP contribution < -0.4 is 0 Å². The zero-order valence-electron chi connectivity index (χ0n) is 11.0. The molecule has 0 radical (unpaired) electrons. The maximum Gasteiger partial charge on any atom is 0.143 e. The lowest BCUT2D eigenvalue weighted by Crippen LogP contribution is -2.26. The summed E-state index contributed by atoms with van der Waals surface area (Å²) in [5, 5.41) is 0. The minimum atomic E-state index is 0.207. The van der Waals surface area contributed by atoms with Crippen LogP contribution in [0.5, 0.6) is 0 Å². The molecule has 3 rings (SSSR count). The SMILES string of the molecule is O=C(C1CCCCC1)C1CCCc2ccccc21. The fourth-order valence-corrected chi connectivity index (χ4v) is 3.72. The molecular weight excluding hydrogens is 220 g/mol. The Balaban J connectivity index is 1.82. The number of carbonyl (C=O) groups is 1. The van der Waals surface area contributed by atoms with Gasteiger partial charge in [-0.3, -0.25) is 4.79 Å². The zero-order chi connectivity index (χ0) is 12.4. The minimum Gasteiger partial charge on any atom is -0.299 e. The quantitative estimate of drug-likeness (QED) is 0.757. The van der Waals surface area contributed by atoms with Crippen molar-refractivity contribution < 1.29 is 4.79 Å². The maximum absolute atomic E-state index is 12.7. The second kappa shape index (κ2) is 5.26. The first-order valence-electron chi connectivity index (χ1n) is 7.48. The summed E-state index contributed by atoms with van der Waals surface area (Å²) in [6.07, 6.45) is 9.52. The van der Waals surface area contributed by atoms with E-state index >= 15 is 0 Å². The molecule has 0 spiro atoms. The Morgan fingerprint density at radius 2 is 1.72 bits per heavy atom. The van der Waals surface area contributed by atoms with Crippen molar-refractivity contribution in [2.75, 3.05) is 0 Å².